The monoisotopic (exact) mass is 143 g/mol. The molecule has 3 heteroatoms. The number of nitrogens with zero attached hydrogens (tertiary/aromatic N) is 3. The third-order valence-electron chi connectivity index (χ3n) is 0.929. The second kappa shape index (κ2) is 4.66. The van der Waals surface area contributed by atoms with Gasteiger partial charge in [0, 0.05) is 7.05 Å². The van der Waals surface area contributed by atoms with Crippen LogP contribution in [-0.2, 0) is 0 Å². The molecule has 0 amide bonds. The normalized spacial score (nSPS) is 12.0. The maximum atomic E-state index is 5.63. The first-order chi connectivity index (χ1) is 4.52. The van der Waals surface area contributed by atoms with Crippen LogP contribution in [0.2, 0.25) is 0 Å². The van der Waals surface area contributed by atoms with Crippen LogP contribution >= 0.6 is 0 Å². The van der Waals surface area contributed by atoms with Gasteiger partial charge in [0.15, 0.2) is 0 Å². The third kappa shape index (κ3) is 6.01. The molecule has 60 valence electrons. The van der Waals surface area contributed by atoms with E-state index in [2.05, 4.69) is 0 Å². The van der Waals surface area contributed by atoms with Crippen molar-refractivity contribution in [2.24, 2.45) is 0 Å². The largest absolute Gasteiger partial charge is 0.297 e. The summed E-state index contributed by atoms with van der Waals surface area (Å²) in [4.78, 5) is 5.81. The van der Waals surface area contributed by atoms with Gasteiger partial charge in [-0.15, -0.1) is 0 Å². The zero-order chi connectivity index (χ0) is 8.15. The van der Waals surface area contributed by atoms with Crippen LogP contribution in [-0.4, -0.2) is 56.2 Å². The van der Waals surface area contributed by atoms with E-state index >= 15 is 0 Å². The van der Waals surface area contributed by atoms with Crippen LogP contribution in [0.1, 0.15) is 0 Å². The van der Waals surface area contributed by atoms with Crippen LogP contribution < -0.4 is 0 Å². The smallest absolute Gasteiger partial charge is 0.0517 e. The van der Waals surface area contributed by atoms with Crippen LogP contribution in [0.15, 0.2) is 0 Å². The van der Waals surface area contributed by atoms with Gasteiger partial charge < -0.3 is 0 Å². The van der Waals surface area contributed by atoms with Crippen molar-refractivity contribution in [2.75, 3.05) is 41.5 Å². The first-order valence-electron chi connectivity index (χ1n) is 3.31. The van der Waals surface area contributed by atoms with E-state index < -0.39 is 0 Å². The van der Waals surface area contributed by atoms with Crippen molar-refractivity contribution in [3.63, 3.8) is 0 Å². The Morgan fingerprint density at radius 3 is 1.40 bits per heavy atom. The summed E-state index contributed by atoms with van der Waals surface area (Å²) < 4.78 is 0. The molecule has 2 radical (unpaired) electrons. The van der Waals surface area contributed by atoms with Gasteiger partial charge in [-0.25, -0.2) is 0 Å². The SMILES string of the molecule is [CH]N(CN(C)C)CN(C)C. The maximum Gasteiger partial charge on any atom is 0.0517 e. The lowest BCUT2D eigenvalue weighted by atomic mass is 10.7. The molecule has 0 aliphatic carbocycles. The van der Waals surface area contributed by atoms with E-state index in [0.29, 0.717) is 0 Å². The molecule has 0 heterocycles. The Kier molecular flexibility index (Phi) is 4.60. The highest BCUT2D eigenvalue weighted by atomic mass is 15.3. The highest BCUT2D eigenvalue weighted by Gasteiger charge is 1.99. The molecule has 0 N–H and O–H groups in total. The van der Waals surface area contributed by atoms with Gasteiger partial charge in [-0.2, -0.15) is 0 Å². The zero-order valence-electron chi connectivity index (χ0n) is 7.33. The van der Waals surface area contributed by atoms with E-state index in [-0.39, 0.29) is 0 Å². The number of hydrogen-bond acceptors (Lipinski definition) is 3. The Hall–Kier alpha value is -0.120. The van der Waals surface area contributed by atoms with Crippen molar-refractivity contribution in [3.8, 4) is 0 Å². The van der Waals surface area contributed by atoms with Crippen molar-refractivity contribution >= 4 is 0 Å². The van der Waals surface area contributed by atoms with Crippen LogP contribution in [0, 0.1) is 7.05 Å². The van der Waals surface area contributed by atoms with Crippen molar-refractivity contribution in [3.05, 3.63) is 7.05 Å². The minimum absolute atomic E-state index is 0.790. The van der Waals surface area contributed by atoms with Gasteiger partial charge in [-0.3, -0.25) is 14.7 Å². The van der Waals surface area contributed by atoms with Gasteiger partial charge in [0.2, 0.25) is 0 Å². The van der Waals surface area contributed by atoms with Gasteiger partial charge in [0.05, 0.1) is 13.3 Å². The Morgan fingerprint density at radius 2 is 1.20 bits per heavy atom. The molecule has 10 heavy (non-hydrogen) atoms. The van der Waals surface area contributed by atoms with Crippen molar-refractivity contribution in [1.29, 1.82) is 0 Å². The second-order valence-electron chi connectivity index (χ2n) is 3.03. The Labute approximate surface area is 64.2 Å². The Balaban J connectivity index is 3.34. The van der Waals surface area contributed by atoms with Gasteiger partial charge >= 0.3 is 0 Å². The summed E-state index contributed by atoms with van der Waals surface area (Å²) in [5, 5.41) is 0. The summed E-state index contributed by atoms with van der Waals surface area (Å²) in [5.74, 6) is 0. The lowest BCUT2D eigenvalue weighted by Gasteiger charge is -2.23. The molecule has 0 spiro atoms. The van der Waals surface area contributed by atoms with Gasteiger partial charge in [-0.1, -0.05) is 0 Å². The molecule has 0 aromatic rings. The quantitative estimate of drug-likeness (QED) is 0.405. The molecule has 0 bridgehead atoms. The van der Waals surface area contributed by atoms with Crippen molar-refractivity contribution in [2.45, 2.75) is 0 Å². The molecule has 0 saturated carbocycles. The summed E-state index contributed by atoms with van der Waals surface area (Å²) in [5.41, 5.74) is 0. The molecule has 0 fully saturated rings. The van der Waals surface area contributed by atoms with E-state index in [1.54, 1.807) is 4.90 Å². The molecule has 0 aromatic carbocycles. The maximum absolute atomic E-state index is 5.63. The molecule has 0 aliphatic heterocycles. The molecule has 3 nitrogen and oxygen atoms in total. The van der Waals surface area contributed by atoms with Crippen LogP contribution in [0.3, 0.4) is 0 Å². The molecular formula is C7H17N3. The molecule has 0 aromatic heterocycles. The standard InChI is InChI=1S/C7H17N3/c1-8(2)6-10(5)7-9(3)4/h5H,6-7H2,1-4H3. The van der Waals surface area contributed by atoms with Crippen molar-refractivity contribution < 1.29 is 0 Å². The van der Waals surface area contributed by atoms with Gasteiger partial charge in [0.25, 0.3) is 0 Å². The predicted octanol–water partition coefficient (Wildman–Crippen LogP) is -0.00481. The first-order valence-corrected chi connectivity index (χ1v) is 3.31. The fraction of sp³-hybridized carbons (Fsp3) is 0.857. The van der Waals surface area contributed by atoms with E-state index in [0.717, 1.165) is 13.3 Å². The molecule has 0 unspecified atom stereocenters. The fourth-order valence-corrected chi connectivity index (χ4v) is 0.771. The van der Waals surface area contributed by atoms with E-state index in [1.165, 1.54) is 0 Å². The van der Waals surface area contributed by atoms with Gasteiger partial charge in [0.1, 0.15) is 0 Å². The van der Waals surface area contributed by atoms with Gasteiger partial charge in [-0.05, 0) is 28.2 Å². The first kappa shape index (κ1) is 9.88. The molecular weight excluding hydrogens is 126 g/mol. The molecule has 0 atom stereocenters. The Bertz CT molecular complexity index is 70.9. The molecule has 0 rings (SSSR count). The third-order valence-corrected chi connectivity index (χ3v) is 0.929. The summed E-state index contributed by atoms with van der Waals surface area (Å²) in [6.07, 6.45) is 0. The zero-order valence-corrected chi connectivity index (χ0v) is 7.33. The summed E-state index contributed by atoms with van der Waals surface area (Å²) in [6.45, 7) is 1.58. The lowest BCUT2D eigenvalue weighted by Crippen LogP contribution is -2.35. The minimum atomic E-state index is 0.790. The topological polar surface area (TPSA) is 9.72 Å². The number of hydrogen-bond donors (Lipinski definition) is 0. The van der Waals surface area contributed by atoms with Crippen LogP contribution in [0.25, 0.3) is 0 Å². The predicted molar refractivity (Wildman–Crippen MR) is 43.2 cm³/mol. The Morgan fingerprint density at radius 1 is 0.900 bits per heavy atom. The summed E-state index contributed by atoms with van der Waals surface area (Å²) in [6, 6.07) is 0. The fourth-order valence-electron chi connectivity index (χ4n) is 0.771. The molecule has 0 saturated heterocycles. The molecule has 0 aliphatic rings. The average molecular weight is 143 g/mol. The van der Waals surface area contributed by atoms with Crippen molar-refractivity contribution in [1.82, 2.24) is 14.7 Å². The minimum Gasteiger partial charge on any atom is -0.297 e. The van der Waals surface area contributed by atoms with E-state index in [1.807, 2.05) is 38.0 Å². The van der Waals surface area contributed by atoms with E-state index in [9.17, 15) is 0 Å². The highest BCUT2D eigenvalue weighted by Crippen LogP contribution is 1.87. The lowest BCUT2D eigenvalue weighted by molar-refractivity contribution is 0.165. The van der Waals surface area contributed by atoms with E-state index in [4.69, 9.17) is 7.05 Å². The summed E-state index contributed by atoms with van der Waals surface area (Å²) in [7, 11) is 13.6. The van der Waals surface area contributed by atoms with Crippen LogP contribution in [0.4, 0.5) is 0 Å². The number of rotatable bonds is 4. The second-order valence-corrected chi connectivity index (χ2v) is 3.03. The highest BCUT2D eigenvalue weighted by molar-refractivity contribution is 4.50. The summed E-state index contributed by atoms with van der Waals surface area (Å²) >= 11 is 0. The average Bonchev–Trinajstić information content (AvgIpc) is 1.58. The van der Waals surface area contributed by atoms with Crippen LogP contribution in [0.5, 0.6) is 0 Å².